The molecule has 0 aromatic heterocycles. The Bertz CT molecular complexity index is 590. The normalized spacial score (nSPS) is 14.7. The van der Waals surface area contributed by atoms with Crippen molar-refractivity contribution in [3.05, 3.63) is 12.2 Å². The van der Waals surface area contributed by atoms with Crippen LogP contribution < -0.4 is 51.4 Å². The predicted octanol–water partition coefficient (Wildman–Crippen LogP) is -2.44. The summed E-state index contributed by atoms with van der Waals surface area (Å²) in [6, 6.07) is 0. The number of hydrogen-bond donors (Lipinski definition) is 0. The van der Waals surface area contributed by atoms with Gasteiger partial charge in [-0.3, -0.25) is 4.21 Å². The Morgan fingerprint density at radius 2 is 1.80 bits per heavy atom. The van der Waals surface area contributed by atoms with E-state index in [1.165, 1.54) is 6.92 Å². The van der Waals surface area contributed by atoms with Crippen LogP contribution in [0.2, 0.25) is 0 Å². The second-order valence-corrected chi connectivity index (χ2v) is 6.78. The van der Waals surface area contributed by atoms with Crippen molar-refractivity contribution in [2.45, 2.75) is 12.4 Å². The monoisotopic (exact) mass is 363 g/mol. The molecule has 7 nitrogen and oxygen atoms in total. The minimum Gasteiger partial charge on any atom is -0.757 e. The summed E-state index contributed by atoms with van der Waals surface area (Å²) in [4.78, 5) is 10.8. The summed E-state index contributed by atoms with van der Waals surface area (Å²) in [6.07, 6.45) is 0. The molecule has 0 aliphatic rings. The summed E-state index contributed by atoms with van der Waals surface area (Å²) in [5.74, 6) is -2.16. The average molecular weight is 363 g/mol. The van der Waals surface area contributed by atoms with Crippen LogP contribution >= 0.6 is 0 Å². The first-order valence-electron chi connectivity index (χ1n) is 4.39. The number of halogens is 3. The first-order valence-corrected chi connectivity index (χ1v) is 7.44. The van der Waals surface area contributed by atoms with E-state index in [9.17, 15) is 35.1 Å². The molecular formula is C7H9F3KNO6S2. The Hall–Kier alpha value is 0.496. The van der Waals surface area contributed by atoms with E-state index >= 15 is 0 Å². The molecule has 0 bridgehead atoms. The van der Waals surface area contributed by atoms with Gasteiger partial charge in [0.15, 0.2) is 0 Å². The minimum absolute atomic E-state index is 0. The van der Waals surface area contributed by atoms with E-state index in [0.717, 1.165) is 0 Å². The SMILES string of the molecule is C=C(C)C(=O)OCCS(=O)(=O)N=S(=O)([O-])C(F)(F)F.[K+]. The molecule has 20 heavy (non-hydrogen) atoms. The van der Waals surface area contributed by atoms with Gasteiger partial charge in [-0.2, -0.15) is 13.2 Å². The number of carbonyl (C=O) groups excluding carboxylic acids is 1. The molecule has 0 saturated carbocycles. The van der Waals surface area contributed by atoms with Crippen molar-refractivity contribution < 1.29 is 91.3 Å². The summed E-state index contributed by atoms with van der Waals surface area (Å²) in [6.45, 7) is 3.59. The van der Waals surface area contributed by atoms with Crippen molar-refractivity contribution in [2.75, 3.05) is 12.4 Å². The fourth-order valence-corrected chi connectivity index (χ4v) is 2.72. The molecular weight excluding hydrogens is 354 g/mol. The molecule has 13 heteroatoms. The van der Waals surface area contributed by atoms with Gasteiger partial charge in [-0.15, -0.1) is 3.77 Å². The maximum absolute atomic E-state index is 11.9. The van der Waals surface area contributed by atoms with Gasteiger partial charge >= 0.3 is 62.9 Å². The van der Waals surface area contributed by atoms with Crippen LogP contribution in [0, 0.1) is 0 Å². The molecule has 0 fully saturated rings. The molecule has 0 heterocycles. The zero-order valence-electron chi connectivity index (χ0n) is 10.5. The van der Waals surface area contributed by atoms with E-state index in [1.54, 1.807) is 3.77 Å². The molecule has 0 aromatic carbocycles. The summed E-state index contributed by atoms with van der Waals surface area (Å²) in [5, 5.41) is 0. The van der Waals surface area contributed by atoms with Crippen LogP contribution in [0.15, 0.2) is 15.9 Å². The van der Waals surface area contributed by atoms with Crippen molar-refractivity contribution in [1.29, 1.82) is 0 Å². The van der Waals surface area contributed by atoms with E-state index < -0.39 is 43.9 Å². The third kappa shape index (κ3) is 8.07. The molecule has 112 valence electrons. The minimum atomic E-state index is -6.14. The van der Waals surface area contributed by atoms with Gasteiger partial charge in [0.1, 0.15) is 22.4 Å². The van der Waals surface area contributed by atoms with Gasteiger partial charge in [0.05, 0.1) is 0 Å². The van der Waals surface area contributed by atoms with Crippen molar-refractivity contribution in [3.63, 3.8) is 0 Å². The first-order chi connectivity index (χ1) is 8.28. The zero-order valence-corrected chi connectivity index (χ0v) is 15.2. The molecule has 0 aromatic rings. The van der Waals surface area contributed by atoms with Crippen LogP contribution in [0.25, 0.3) is 0 Å². The van der Waals surface area contributed by atoms with Crippen molar-refractivity contribution in [3.8, 4) is 0 Å². The van der Waals surface area contributed by atoms with Gasteiger partial charge in [0.2, 0.25) is 0 Å². The van der Waals surface area contributed by atoms with Crippen molar-refractivity contribution >= 4 is 26.0 Å². The summed E-state index contributed by atoms with van der Waals surface area (Å²) < 4.78 is 84.6. The van der Waals surface area contributed by atoms with Crippen LogP contribution in [0.1, 0.15) is 6.92 Å². The van der Waals surface area contributed by atoms with Crippen molar-refractivity contribution in [1.82, 2.24) is 0 Å². The van der Waals surface area contributed by atoms with Gasteiger partial charge < -0.3 is 9.29 Å². The fraction of sp³-hybridized carbons (Fsp3) is 0.571. The van der Waals surface area contributed by atoms with E-state index in [4.69, 9.17) is 0 Å². The number of carbonyl (C=O) groups is 1. The Balaban J connectivity index is 0. The van der Waals surface area contributed by atoms with E-state index in [1.807, 2.05) is 0 Å². The maximum atomic E-state index is 11.9. The third-order valence-electron chi connectivity index (χ3n) is 1.43. The quantitative estimate of drug-likeness (QED) is 0.305. The molecule has 0 amide bonds. The van der Waals surface area contributed by atoms with Gasteiger partial charge in [0.25, 0.3) is 10.0 Å². The van der Waals surface area contributed by atoms with E-state index in [0.29, 0.717) is 0 Å². The van der Waals surface area contributed by atoms with Crippen LogP contribution in [0.5, 0.6) is 0 Å². The van der Waals surface area contributed by atoms with Crippen LogP contribution in [-0.4, -0.2) is 41.0 Å². The number of rotatable bonds is 5. The van der Waals surface area contributed by atoms with Gasteiger partial charge in [-0.25, -0.2) is 13.2 Å². The Morgan fingerprint density at radius 3 is 2.15 bits per heavy atom. The fourth-order valence-electron chi connectivity index (χ4n) is 0.592. The van der Waals surface area contributed by atoms with E-state index in [-0.39, 0.29) is 57.0 Å². The number of nitrogens with zero attached hydrogens (tertiary/aromatic N) is 1. The molecule has 1 atom stereocenters. The number of hydrogen-bond acceptors (Lipinski definition) is 6. The topological polar surface area (TPSA) is 113 Å². The van der Waals surface area contributed by atoms with Crippen molar-refractivity contribution in [2.24, 2.45) is 3.77 Å². The van der Waals surface area contributed by atoms with Crippen LogP contribution in [0.3, 0.4) is 0 Å². The molecule has 0 rings (SSSR count). The Labute approximate surface area is 156 Å². The second kappa shape index (κ2) is 8.21. The summed E-state index contributed by atoms with van der Waals surface area (Å²) in [7, 11) is -11.1. The van der Waals surface area contributed by atoms with Gasteiger partial charge in [-0.1, -0.05) is 6.58 Å². The first kappa shape index (κ1) is 22.8. The molecule has 0 aliphatic heterocycles. The smallest absolute Gasteiger partial charge is 0.757 e. The Kier molecular flexibility index (Phi) is 9.35. The molecule has 0 saturated heterocycles. The summed E-state index contributed by atoms with van der Waals surface area (Å²) in [5.41, 5.74) is -5.87. The third-order valence-corrected chi connectivity index (χ3v) is 4.39. The molecule has 0 aliphatic carbocycles. The van der Waals surface area contributed by atoms with Gasteiger partial charge in [-0.05, 0) is 6.92 Å². The number of sulfonamides is 1. The van der Waals surface area contributed by atoms with Gasteiger partial charge in [0, 0.05) is 5.57 Å². The summed E-state index contributed by atoms with van der Waals surface area (Å²) >= 11 is 0. The second-order valence-electron chi connectivity index (χ2n) is 3.20. The zero-order chi connectivity index (χ0) is 15.5. The average Bonchev–Trinajstić information content (AvgIpc) is 2.13. The van der Waals surface area contributed by atoms with Crippen LogP contribution in [0.4, 0.5) is 13.2 Å². The standard InChI is InChI=1S/C7H10F3NO6S2.K/c1-5(2)6(12)17-3-4-18(13,14)11-19(15,16)7(8,9)10;/h1,3-4H2,2H3,(H,11,15,16);/q;+1/p-1. The molecule has 1 unspecified atom stereocenters. The maximum Gasteiger partial charge on any atom is 1.00 e. The predicted molar refractivity (Wildman–Crippen MR) is 57.0 cm³/mol. The molecule has 0 N–H and O–H groups in total. The Morgan fingerprint density at radius 1 is 1.35 bits per heavy atom. The number of ether oxygens (including phenoxy) is 1. The number of esters is 1. The van der Waals surface area contributed by atoms with E-state index in [2.05, 4.69) is 11.3 Å². The molecule has 0 radical (unpaired) electrons. The van der Waals surface area contributed by atoms with Crippen LogP contribution in [-0.2, 0) is 29.6 Å². The molecule has 0 spiro atoms. The number of alkyl halides is 3. The largest absolute Gasteiger partial charge is 1.00 e.